The van der Waals surface area contributed by atoms with Gasteiger partial charge in [0.15, 0.2) is 5.56 Å². The topological polar surface area (TPSA) is 62.5 Å². The monoisotopic (exact) mass is 171 g/mol. The van der Waals surface area contributed by atoms with Gasteiger partial charge in [-0.05, 0) is 12.1 Å². The van der Waals surface area contributed by atoms with Crippen molar-refractivity contribution in [3.05, 3.63) is 41.4 Å². The molecule has 0 amide bonds. The molecular formula is C10H7N2O+. The number of fused-ring (bicyclic) bond motifs is 1. The quantitative estimate of drug-likeness (QED) is 0.604. The van der Waals surface area contributed by atoms with E-state index >= 15 is 0 Å². The number of para-hydroxylation sites is 1. The zero-order valence-corrected chi connectivity index (χ0v) is 6.82. The van der Waals surface area contributed by atoms with E-state index in [2.05, 4.69) is 0 Å². The second-order valence-electron chi connectivity index (χ2n) is 2.67. The highest BCUT2D eigenvalue weighted by Gasteiger charge is 2.03. The van der Waals surface area contributed by atoms with Gasteiger partial charge in [0, 0.05) is 5.39 Å². The van der Waals surface area contributed by atoms with E-state index in [1.54, 1.807) is 6.07 Å². The Morgan fingerprint density at radius 3 is 2.85 bits per heavy atom. The van der Waals surface area contributed by atoms with Crippen molar-refractivity contribution in [3.63, 3.8) is 0 Å². The van der Waals surface area contributed by atoms with Crippen LogP contribution in [0, 0.1) is 11.3 Å². The minimum absolute atomic E-state index is 0.168. The van der Waals surface area contributed by atoms with Crippen molar-refractivity contribution < 1.29 is 9.83 Å². The molecule has 3 nitrogen and oxygen atoms in total. The number of rotatable bonds is 0. The van der Waals surface area contributed by atoms with Crippen LogP contribution in [0.5, 0.6) is 0 Å². The van der Waals surface area contributed by atoms with Crippen molar-refractivity contribution in [1.82, 2.24) is 0 Å². The van der Waals surface area contributed by atoms with Gasteiger partial charge in [0.1, 0.15) is 11.7 Å². The molecule has 0 fully saturated rings. The molecule has 0 saturated heterocycles. The number of benzene rings is 1. The van der Waals surface area contributed by atoms with Crippen molar-refractivity contribution >= 4 is 11.0 Å². The molecule has 13 heavy (non-hydrogen) atoms. The van der Waals surface area contributed by atoms with Gasteiger partial charge in [-0.2, -0.15) is 5.26 Å². The second kappa shape index (κ2) is 2.76. The Morgan fingerprint density at radius 1 is 1.31 bits per heavy atom. The fourth-order valence-corrected chi connectivity index (χ4v) is 1.18. The van der Waals surface area contributed by atoms with E-state index in [9.17, 15) is 0 Å². The first-order valence-corrected chi connectivity index (χ1v) is 3.83. The van der Waals surface area contributed by atoms with Crippen LogP contribution in [0.1, 0.15) is 5.56 Å². The molecule has 0 aliphatic rings. The maximum atomic E-state index is 8.69. The Labute approximate surface area is 74.4 Å². The summed E-state index contributed by atoms with van der Waals surface area (Å²) < 4.78 is 5.24. The molecule has 0 bridgehead atoms. The second-order valence-corrected chi connectivity index (χ2v) is 2.67. The van der Waals surface area contributed by atoms with E-state index in [1.807, 2.05) is 30.3 Å². The number of nitrogens with zero attached hydrogens (tertiary/aromatic N) is 1. The SMILES string of the molecule is N#Cc1cc2ccccc2oc1=[NH2+]. The van der Waals surface area contributed by atoms with Crippen molar-refractivity contribution in [2.75, 3.05) is 0 Å². The Kier molecular flexibility index (Phi) is 1.60. The third-order valence-corrected chi connectivity index (χ3v) is 1.82. The molecule has 0 unspecified atom stereocenters. The maximum Gasteiger partial charge on any atom is 0.383 e. The van der Waals surface area contributed by atoms with E-state index in [0.717, 1.165) is 5.39 Å². The summed E-state index contributed by atoms with van der Waals surface area (Å²) in [4.78, 5) is 0. The van der Waals surface area contributed by atoms with E-state index in [0.29, 0.717) is 11.1 Å². The van der Waals surface area contributed by atoms with Crippen LogP contribution in [0.3, 0.4) is 0 Å². The van der Waals surface area contributed by atoms with E-state index in [1.165, 1.54) is 0 Å². The Hall–Kier alpha value is -2.08. The molecular weight excluding hydrogens is 164 g/mol. The van der Waals surface area contributed by atoms with Gasteiger partial charge < -0.3 is 4.42 Å². The predicted molar refractivity (Wildman–Crippen MR) is 46.0 cm³/mol. The number of hydrogen-bond acceptors (Lipinski definition) is 2. The Bertz CT molecular complexity index is 549. The first-order chi connectivity index (χ1) is 6.31. The van der Waals surface area contributed by atoms with Crippen molar-refractivity contribution in [2.24, 2.45) is 0 Å². The lowest BCUT2D eigenvalue weighted by Crippen LogP contribution is -2.46. The van der Waals surface area contributed by atoms with Gasteiger partial charge in [-0.25, -0.2) is 5.41 Å². The minimum Gasteiger partial charge on any atom is -0.404 e. The van der Waals surface area contributed by atoms with Crippen LogP contribution in [0.25, 0.3) is 11.0 Å². The van der Waals surface area contributed by atoms with E-state index in [4.69, 9.17) is 15.1 Å². The summed E-state index contributed by atoms with van der Waals surface area (Å²) in [6.07, 6.45) is 0. The van der Waals surface area contributed by atoms with Crippen molar-refractivity contribution in [3.8, 4) is 6.07 Å². The molecule has 0 spiro atoms. The molecule has 2 N–H and O–H groups in total. The summed E-state index contributed by atoms with van der Waals surface area (Å²) in [5.74, 6) is 0. The third kappa shape index (κ3) is 1.18. The molecule has 1 aromatic heterocycles. The van der Waals surface area contributed by atoms with Crippen molar-refractivity contribution in [1.29, 1.82) is 5.26 Å². The molecule has 0 aliphatic carbocycles. The summed E-state index contributed by atoms with van der Waals surface area (Å²) >= 11 is 0. The summed E-state index contributed by atoms with van der Waals surface area (Å²) in [5.41, 5.74) is 1.24. The average Bonchev–Trinajstić information content (AvgIpc) is 2.17. The van der Waals surface area contributed by atoms with Gasteiger partial charge in [-0.1, -0.05) is 18.2 Å². The first kappa shape index (κ1) is 7.56. The molecule has 3 heteroatoms. The largest absolute Gasteiger partial charge is 0.404 e. The van der Waals surface area contributed by atoms with E-state index < -0.39 is 0 Å². The highest BCUT2D eigenvalue weighted by atomic mass is 16.3. The van der Waals surface area contributed by atoms with Gasteiger partial charge in [-0.15, -0.1) is 0 Å². The normalized spacial score (nSPS) is 9.77. The standard InChI is InChI=1S/C10H6N2O/c11-6-8-5-7-3-1-2-4-9(7)13-10(8)12/h1-5,12H/p+1. The molecule has 2 aromatic rings. The van der Waals surface area contributed by atoms with Crippen LogP contribution >= 0.6 is 0 Å². The smallest absolute Gasteiger partial charge is 0.383 e. The molecule has 0 aliphatic heterocycles. The number of nitrogens with two attached hydrogens (primary N) is 1. The zero-order chi connectivity index (χ0) is 9.26. The Balaban J connectivity index is 2.91. The lowest BCUT2D eigenvalue weighted by atomic mass is 10.2. The maximum absolute atomic E-state index is 8.69. The van der Waals surface area contributed by atoms with Crippen LogP contribution in [0.2, 0.25) is 0 Å². The van der Waals surface area contributed by atoms with Gasteiger partial charge in [0.2, 0.25) is 0 Å². The van der Waals surface area contributed by atoms with Gasteiger partial charge >= 0.3 is 5.55 Å². The summed E-state index contributed by atoms with van der Waals surface area (Å²) in [7, 11) is 0. The molecule has 1 heterocycles. The number of hydrogen-bond donors (Lipinski definition) is 1. The molecule has 0 atom stereocenters. The number of nitriles is 1. The highest BCUT2D eigenvalue weighted by Crippen LogP contribution is 2.11. The van der Waals surface area contributed by atoms with Crippen LogP contribution < -0.4 is 11.0 Å². The van der Waals surface area contributed by atoms with Crippen LogP contribution in [-0.2, 0) is 0 Å². The fourth-order valence-electron chi connectivity index (χ4n) is 1.18. The summed E-state index contributed by atoms with van der Waals surface area (Å²) in [6.45, 7) is 0. The fraction of sp³-hybridized carbons (Fsp3) is 0. The lowest BCUT2D eigenvalue weighted by Gasteiger charge is -1.93. The predicted octanol–water partition coefficient (Wildman–Crippen LogP) is -0.0357. The molecule has 2 rings (SSSR count). The van der Waals surface area contributed by atoms with Crippen LogP contribution in [0.15, 0.2) is 34.7 Å². The average molecular weight is 171 g/mol. The molecule has 0 saturated carbocycles. The molecule has 0 radical (unpaired) electrons. The third-order valence-electron chi connectivity index (χ3n) is 1.82. The Morgan fingerprint density at radius 2 is 2.08 bits per heavy atom. The van der Waals surface area contributed by atoms with Gasteiger partial charge in [0.25, 0.3) is 0 Å². The van der Waals surface area contributed by atoms with Crippen LogP contribution in [-0.4, -0.2) is 0 Å². The van der Waals surface area contributed by atoms with Crippen molar-refractivity contribution in [2.45, 2.75) is 0 Å². The summed E-state index contributed by atoms with van der Waals surface area (Å²) in [5, 5.41) is 15.1. The van der Waals surface area contributed by atoms with E-state index in [-0.39, 0.29) is 5.55 Å². The molecule has 1 aromatic carbocycles. The lowest BCUT2D eigenvalue weighted by molar-refractivity contribution is -0.197. The molecule has 62 valence electrons. The van der Waals surface area contributed by atoms with Gasteiger partial charge in [-0.3, -0.25) is 0 Å². The summed E-state index contributed by atoms with van der Waals surface area (Å²) in [6, 6.07) is 11.1. The first-order valence-electron chi connectivity index (χ1n) is 3.83. The zero-order valence-electron chi connectivity index (χ0n) is 6.82. The minimum atomic E-state index is 0.168. The van der Waals surface area contributed by atoms with Crippen LogP contribution in [0.4, 0.5) is 0 Å². The van der Waals surface area contributed by atoms with Gasteiger partial charge in [0.05, 0.1) is 0 Å². The highest BCUT2D eigenvalue weighted by molar-refractivity contribution is 5.77.